The number of hydrogen-bond donors (Lipinski definition) is 0. The van der Waals surface area contributed by atoms with Crippen LogP contribution in [-0.4, -0.2) is 21.1 Å². The summed E-state index contributed by atoms with van der Waals surface area (Å²) in [4.78, 5) is 14.2. The van der Waals surface area contributed by atoms with Crippen LogP contribution in [0.2, 0.25) is 0 Å². The van der Waals surface area contributed by atoms with Crippen LogP contribution >= 0.6 is 0 Å². The lowest BCUT2D eigenvalue weighted by molar-refractivity contribution is -0.142. The lowest BCUT2D eigenvalue weighted by Gasteiger charge is -2.08. The van der Waals surface area contributed by atoms with Gasteiger partial charge in [-0.15, -0.1) is 0 Å². The maximum atomic E-state index is 12.7. The summed E-state index contributed by atoms with van der Waals surface area (Å²) >= 11 is 0. The smallest absolute Gasteiger partial charge is 0.296 e. The molecule has 2 aromatic rings. The van der Waals surface area contributed by atoms with Crippen molar-refractivity contribution in [3.8, 4) is 5.82 Å². The number of rotatable bonds is 2. The molecule has 0 aliphatic heterocycles. The number of pyridine rings is 1. The summed E-state index contributed by atoms with van der Waals surface area (Å²) in [6.45, 7) is 0. The molecule has 0 atom stereocenters. The van der Waals surface area contributed by atoms with Gasteiger partial charge in [-0.2, -0.15) is 18.3 Å². The highest BCUT2D eigenvalue weighted by atomic mass is 19.4. The molecule has 17 heavy (non-hydrogen) atoms. The molecule has 7 heteroatoms. The molecule has 0 N–H and O–H groups in total. The zero-order chi connectivity index (χ0) is 12.5. The van der Waals surface area contributed by atoms with Gasteiger partial charge in [-0.05, 0) is 18.2 Å². The van der Waals surface area contributed by atoms with Crippen molar-refractivity contribution in [3.05, 3.63) is 41.9 Å². The van der Waals surface area contributed by atoms with Gasteiger partial charge in [0.05, 0.1) is 0 Å². The molecule has 4 nitrogen and oxygen atoms in total. The molecule has 0 spiro atoms. The normalized spacial score (nSPS) is 11.5. The number of aromatic nitrogens is 3. The Balaban J connectivity index is 2.61. The number of halogens is 3. The first kappa shape index (κ1) is 11.3. The molecule has 2 aromatic heterocycles. The average Bonchev–Trinajstić information content (AvgIpc) is 2.74. The van der Waals surface area contributed by atoms with Crippen LogP contribution in [0.15, 0.2) is 30.5 Å². The fourth-order valence-electron chi connectivity index (χ4n) is 1.31. The van der Waals surface area contributed by atoms with Crippen LogP contribution in [0.4, 0.5) is 13.2 Å². The molecule has 0 radical (unpaired) electrons. The Kier molecular flexibility index (Phi) is 2.66. The third kappa shape index (κ3) is 2.17. The summed E-state index contributed by atoms with van der Waals surface area (Å²) in [5, 5.41) is 3.53. The van der Waals surface area contributed by atoms with E-state index in [1.807, 2.05) is 0 Å². The topological polar surface area (TPSA) is 47.8 Å². The van der Waals surface area contributed by atoms with Crippen molar-refractivity contribution in [2.24, 2.45) is 0 Å². The minimum absolute atomic E-state index is 0.00734. The second-order valence-electron chi connectivity index (χ2n) is 3.17. The second kappa shape index (κ2) is 4.00. The van der Waals surface area contributed by atoms with Crippen molar-refractivity contribution < 1.29 is 18.0 Å². The molecule has 0 aliphatic rings. The summed E-state index contributed by atoms with van der Waals surface area (Å²) in [7, 11) is 0. The van der Waals surface area contributed by atoms with Crippen LogP contribution in [-0.2, 0) is 6.18 Å². The molecule has 0 bridgehead atoms. The summed E-state index contributed by atoms with van der Waals surface area (Å²) < 4.78 is 38.6. The van der Waals surface area contributed by atoms with E-state index in [1.165, 1.54) is 18.3 Å². The molecule has 2 heterocycles. The lowest BCUT2D eigenvalue weighted by atomic mass is 10.3. The van der Waals surface area contributed by atoms with E-state index in [9.17, 15) is 18.0 Å². The first-order valence-electron chi connectivity index (χ1n) is 4.56. The third-order valence-electron chi connectivity index (χ3n) is 2.01. The van der Waals surface area contributed by atoms with Gasteiger partial charge >= 0.3 is 6.18 Å². The Morgan fingerprint density at radius 3 is 2.59 bits per heavy atom. The maximum absolute atomic E-state index is 12.7. The second-order valence-corrected chi connectivity index (χ2v) is 3.17. The summed E-state index contributed by atoms with van der Waals surface area (Å²) in [5.74, 6) is 0.00734. The minimum atomic E-state index is -4.59. The Bertz CT molecular complexity index is 533. The van der Waals surface area contributed by atoms with E-state index in [0.29, 0.717) is 10.7 Å². The molecule has 0 aliphatic carbocycles. The summed E-state index contributed by atoms with van der Waals surface area (Å²) in [5.41, 5.74) is -1.32. The van der Waals surface area contributed by atoms with Gasteiger partial charge < -0.3 is 0 Å². The van der Waals surface area contributed by atoms with Crippen molar-refractivity contribution >= 4 is 6.29 Å². The van der Waals surface area contributed by atoms with Crippen LogP contribution in [0, 0.1) is 0 Å². The molecule has 0 aromatic carbocycles. The van der Waals surface area contributed by atoms with Gasteiger partial charge in [0.25, 0.3) is 0 Å². The van der Waals surface area contributed by atoms with Gasteiger partial charge in [0.15, 0.2) is 17.8 Å². The molecular weight excluding hydrogens is 235 g/mol. The Hall–Kier alpha value is -2.18. The Morgan fingerprint density at radius 2 is 2.06 bits per heavy atom. The zero-order valence-corrected chi connectivity index (χ0v) is 8.35. The van der Waals surface area contributed by atoms with Gasteiger partial charge in [0, 0.05) is 6.20 Å². The van der Waals surface area contributed by atoms with Crippen LogP contribution in [0.25, 0.3) is 5.82 Å². The standard InChI is InChI=1S/C10H6F3N3O/c11-10(12,13)8-5-7(6-17)15-16(8)9-3-1-2-4-14-9/h1-6H. The van der Waals surface area contributed by atoms with E-state index in [4.69, 9.17) is 0 Å². The maximum Gasteiger partial charge on any atom is 0.433 e. The van der Waals surface area contributed by atoms with Crippen molar-refractivity contribution in [2.45, 2.75) is 6.18 Å². The fraction of sp³-hybridized carbons (Fsp3) is 0.100. The highest BCUT2D eigenvalue weighted by molar-refractivity contribution is 5.72. The first-order valence-corrected chi connectivity index (χ1v) is 4.56. The highest BCUT2D eigenvalue weighted by Crippen LogP contribution is 2.30. The van der Waals surface area contributed by atoms with E-state index < -0.39 is 11.9 Å². The van der Waals surface area contributed by atoms with Crippen LogP contribution in [0.5, 0.6) is 0 Å². The van der Waals surface area contributed by atoms with Crippen LogP contribution < -0.4 is 0 Å². The quantitative estimate of drug-likeness (QED) is 0.756. The van der Waals surface area contributed by atoms with Crippen molar-refractivity contribution in [1.82, 2.24) is 14.8 Å². The monoisotopic (exact) mass is 241 g/mol. The largest absolute Gasteiger partial charge is 0.433 e. The van der Waals surface area contributed by atoms with Gasteiger partial charge in [-0.1, -0.05) is 6.07 Å². The minimum Gasteiger partial charge on any atom is -0.296 e. The van der Waals surface area contributed by atoms with Crippen LogP contribution in [0.1, 0.15) is 16.2 Å². The average molecular weight is 241 g/mol. The van der Waals surface area contributed by atoms with E-state index >= 15 is 0 Å². The van der Waals surface area contributed by atoms with E-state index in [2.05, 4.69) is 10.1 Å². The van der Waals surface area contributed by atoms with Crippen molar-refractivity contribution in [3.63, 3.8) is 0 Å². The molecule has 0 saturated heterocycles. The van der Waals surface area contributed by atoms with Crippen LogP contribution in [0.3, 0.4) is 0 Å². The van der Waals surface area contributed by atoms with E-state index in [0.717, 1.165) is 0 Å². The van der Waals surface area contributed by atoms with Crippen molar-refractivity contribution in [1.29, 1.82) is 0 Å². The third-order valence-corrected chi connectivity index (χ3v) is 2.01. The fourth-order valence-corrected chi connectivity index (χ4v) is 1.31. The number of hydrogen-bond acceptors (Lipinski definition) is 3. The molecule has 0 fully saturated rings. The molecular formula is C10H6F3N3O. The zero-order valence-electron chi connectivity index (χ0n) is 8.35. The lowest BCUT2D eigenvalue weighted by Crippen LogP contribution is -2.13. The summed E-state index contributed by atoms with van der Waals surface area (Å²) in [6, 6.07) is 5.16. The first-order chi connectivity index (χ1) is 8.02. The van der Waals surface area contributed by atoms with Gasteiger partial charge in [-0.3, -0.25) is 4.79 Å². The summed E-state index contributed by atoms with van der Waals surface area (Å²) in [6.07, 6.45) is -2.99. The SMILES string of the molecule is O=Cc1cc(C(F)(F)F)n(-c2ccccn2)n1. The number of carbonyl (C=O) groups is 1. The number of carbonyl (C=O) groups excluding carboxylic acids is 1. The Morgan fingerprint density at radius 1 is 1.29 bits per heavy atom. The number of nitrogens with zero attached hydrogens (tertiary/aromatic N) is 3. The highest BCUT2D eigenvalue weighted by Gasteiger charge is 2.36. The number of aldehydes is 1. The van der Waals surface area contributed by atoms with Gasteiger partial charge in [0.1, 0.15) is 5.69 Å². The molecule has 88 valence electrons. The number of alkyl halides is 3. The van der Waals surface area contributed by atoms with Crippen molar-refractivity contribution in [2.75, 3.05) is 0 Å². The molecule has 0 amide bonds. The molecule has 2 rings (SSSR count). The molecule has 0 saturated carbocycles. The predicted molar refractivity (Wildman–Crippen MR) is 51.7 cm³/mol. The van der Waals surface area contributed by atoms with E-state index in [1.54, 1.807) is 6.07 Å². The Labute approximate surface area is 93.7 Å². The molecule has 0 unspecified atom stereocenters. The van der Waals surface area contributed by atoms with Gasteiger partial charge in [-0.25, -0.2) is 9.67 Å². The van der Waals surface area contributed by atoms with E-state index in [-0.39, 0.29) is 17.8 Å². The van der Waals surface area contributed by atoms with Gasteiger partial charge in [0.2, 0.25) is 0 Å². The predicted octanol–water partition coefficient (Wildman–Crippen LogP) is 2.10.